The third-order valence-corrected chi connectivity index (χ3v) is 4.11. The molecule has 1 aromatic heterocycles. The molecule has 108 valence electrons. The Morgan fingerprint density at radius 3 is 2.81 bits per heavy atom. The molecule has 0 unspecified atom stereocenters. The quantitative estimate of drug-likeness (QED) is 0.854. The molecular weight excluding hydrogens is 288 g/mol. The largest absolute Gasteiger partial charge is 0.492 e. The van der Waals surface area contributed by atoms with Gasteiger partial charge >= 0.3 is 0 Å². The molecule has 5 nitrogen and oxygen atoms in total. The number of nitrogens with zero attached hydrogens (tertiary/aromatic N) is 4. The van der Waals surface area contributed by atoms with Crippen LogP contribution in [-0.4, -0.2) is 34.6 Å². The topological polar surface area (TPSA) is 51.1 Å². The van der Waals surface area contributed by atoms with Crippen molar-refractivity contribution in [2.45, 2.75) is 19.3 Å². The summed E-state index contributed by atoms with van der Waals surface area (Å²) in [7, 11) is 0. The summed E-state index contributed by atoms with van der Waals surface area (Å²) in [6.07, 6.45) is 3.27. The van der Waals surface area contributed by atoms with E-state index in [0.717, 1.165) is 30.8 Å². The molecule has 0 atom stereocenters. The Morgan fingerprint density at radius 2 is 1.95 bits per heavy atom. The maximum absolute atomic E-state index is 6.10. The molecule has 3 heterocycles. The van der Waals surface area contributed by atoms with Crippen molar-refractivity contribution in [2.24, 2.45) is 0 Å². The molecule has 1 fully saturated rings. The number of rotatable bonds is 2. The number of aromatic nitrogens is 3. The molecule has 2 aliphatic rings. The number of benzene rings is 1. The summed E-state index contributed by atoms with van der Waals surface area (Å²) < 4.78 is 5.73. The van der Waals surface area contributed by atoms with Crippen molar-refractivity contribution in [1.82, 2.24) is 15.0 Å². The van der Waals surface area contributed by atoms with E-state index in [4.69, 9.17) is 16.3 Å². The predicted octanol–water partition coefficient (Wildman–Crippen LogP) is 2.73. The van der Waals surface area contributed by atoms with Crippen molar-refractivity contribution in [3.05, 3.63) is 29.0 Å². The molecule has 0 N–H and O–H groups in total. The van der Waals surface area contributed by atoms with E-state index in [1.165, 1.54) is 18.4 Å². The van der Waals surface area contributed by atoms with Gasteiger partial charge < -0.3 is 9.64 Å². The lowest BCUT2D eigenvalue weighted by Crippen LogP contribution is -2.21. The van der Waals surface area contributed by atoms with Crippen molar-refractivity contribution in [3.63, 3.8) is 0 Å². The highest BCUT2D eigenvalue weighted by molar-refractivity contribution is 6.28. The molecule has 21 heavy (non-hydrogen) atoms. The second kappa shape index (κ2) is 5.15. The molecule has 0 spiro atoms. The van der Waals surface area contributed by atoms with Crippen LogP contribution >= 0.6 is 11.6 Å². The highest BCUT2D eigenvalue weighted by atomic mass is 35.5. The van der Waals surface area contributed by atoms with Gasteiger partial charge in [-0.05, 0) is 36.1 Å². The number of ether oxygens (including phenoxy) is 1. The van der Waals surface area contributed by atoms with Gasteiger partial charge in [0.2, 0.25) is 11.2 Å². The first-order valence-corrected chi connectivity index (χ1v) is 7.61. The van der Waals surface area contributed by atoms with Gasteiger partial charge in [0.15, 0.2) is 5.82 Å². The molecule has 6 heteroatoms. The molecule has 0 bridgehead atoms. The average Bonchev–Trinajstić information content (AvgIpc) is 3.17. The zero-order valence-electron chi connectivity index (χ0n) is 11.5. The highest BCUT2D eigenvalue weighted by Gasteiger charge is 2.22. The molecule has 0 radical (unpaired) electrons. The minimum Gasteiger partial charge on any atom is -0.492 e. The predicted molar refractivity (Wildman–Crippen MR) is 80.9 cm³/mol. The Labute approximate surface area is 128 Å². The van der Waals surface area contributed by atoms with E-state index in [1.54, 1.807) is 0 Å². The first-order chi connectivity index (χ1) is 10.3. The minimum atomic E-state index is 0.234. The molecule has 0 amide bonds. The SMILES string of the molecule is Clc1nc(-c2cccc3c2OCC3)nc(N2CCCC2)n1. The summed E-state index contributed by atoms with van der Waals surface area (Å²) in [5.74, 6) is 2.14. The molecule has 2 aliphatic heterocycles. The van der Waals surface area contributed by atoms with Crippen LogP contribution < -0.4 is 9.64 Å². The van der Waals surface area contributed by atoms with Gasteiger partial charge in [0.05, 0.1) is 12.2 Å². The molecular formula is C15H15ClN4O. The summed E-state index contributed by atoms with van der Waals surface area (Å²) in [4.78, 5) is 15.3. The third-order valence-electron chi connectivity index (χ3n) is 3.94. The van der Waals surface area contributed by atoms with Crippen LogP contribution in [0, 0.1) is 0 Å². The van der Waals surface area contributed by atoms with Gasteiger partial charge in [-0.2, -0.15) is 15.0 Å². The van der Waals surface area contributed by atoms with Crippen LogP contribution in [0.1, 0.15) is 18.4 Å². The summed E-state index contributed by atoms with van der Waals surface area (Å²) in [6.45, 7) is 2.66. The summed E-state index contributed by atoms with van der Waals surface area (Å²) in [5, 5.41) is 0.234. The summed E-state index contributed by atoms with van der Waals surface area (Å²) >= 11 is 6.10. The number of hydrogen-bond acceptors (Lipinski definition) is 5. The van der Waals surface area contributed by atoms with Crippen LogP contribution in [0.2, 0.25) is 5.28 Å². The number of halogens is 1. The van der Waals surface area contributed by atoms with Crippen LogP contribution in [0.3, 0.4) is 0 Å². The Bertz CT molecular complexity index is 685. The van der Waals surface area contributed by atoms with Crippen molar-refractivity contribution < 1.29 is 4.74 Å². The van der Waals surface area contributed by atoms with Crippen LogP contribution in [0.5, 0.6) is 5.75 Å². The zero-order valence-corrected chi connectivity index (χ0v) is 12.3. The van der Waals surface area contributed by atoms with E-state index in [-0.39, 0.29) is 5.28 Å². The standard InChI is InChI=1S/C15H15ClN4O/c16-14-17-13(18-15(19-14)20-7-1-2-8-20)11-5-3-4-10-6-9-21-12(10)11/h3-5H,1-2,6-9H2. The minimum absolute atomic E-state index is 0.234. The molecule has 0 aliphatic carbocycles. The number of fused-ring (bicyclic) bond motifs is 1. The normalized spacial score (nSPS) is 16.9. The summed E-state index contributed by atoms with van der Waals surface area (Å²) in [6, 6.07) is 6.07. The average molecular weight is 303 g/mol. The fourth-order valence-corrected chi connectivity index (χ4v) is 3.07. The maximum Gasteiger partial charge on any atom is 0.230 e. The van der Waals surface area contributed by atoms with Gasteiger partial charge in [-0.3, -0.25) is 0 Å². The molecule has 0 saturated carbocycles. The van der Waals surface area contributed by atoms with Gasteiger partial charge in [-0.25, -0.2) is 0 Å². The lowest BCUT2D eigenvalue weighted by atomic mass is 10.1. The van der Waals surface area contributed by atoms with Crippen molar-refractivity contribution in [1.29, 1.82) is 0 Å². The van der Waals surface area contributed by atoms with E-state index in [0.29, 0.717) is 18.4 Å². The van der Waals surface area contributed by atoms with Crippen molar-refractivity contribution in [3.8, 4) is 17.1 Å². The highest BCUT2D eigenvalue weighted by Crippen LogP contribution is 2.35. The van der Waals surface area contributed by atoms with Gasteiger partial charge in [0.25, 0.3) is 0 Å². The first-order valence-electron chi connectivity index (χ1n) is 7.23. The molecule has 2 aromatic rings. The Morgan fingerprint density at radius 1 is 1.10 bits per heavy atom. The fraction of sp³-hybridized carbons (Fsp3) is 0.400. The fourth-order valence-electron chi connectivity index (χ4n) is 2.91. The van der Waals surface area contributed by atoms with E-state index >= 15 is 0 Å². The monoisotopic (exact) mass is 302 g/mol. The smallest absolute Gasteiger partial charge is 0.230 e. The lowest BCUT2D eigenvalue weighted by Gasteiger charge is -2.16. The van der Waals surface area contributed by atoms with Crippen LogP contribution in [-0.2, 0) is 6.42 Å². The van der Waals surface area contributed by atoms with Gasteiger partial charge in [0, 0.05) is 19.5 Å². The third kappa shape index (κ3) is 2.31. The van der Waals surface area contributed by atoms with Crippen LogP contribution in [0.15, 0.2) is 18.2 Å². The second-order valence-corrected chi connectivity index (χ2v) is 5.65. The van der Waals surface area contributed by atoms with Crippen LogP contribution in [0.4, 0.5) is 5.95 Å². The number of para-hydroxylation sites is 1. The van der Waals surface area contributed by atoms with E-state index in [9.17, 15) is 0 Å². The maximum atomic E-state index is 6.10. The molecule has 1 aromatic carbocycles. The lowest BCUT2D eigenvalue weighted by molar-refractivity contribution is 0.358. The molecule has 1 saturated heterocycles. The Hall–Kier alpha value is -1.88. The van der Waals surface area contributed by atoms with Crippen molar-refractivity contribution in [2.75, 3.05) is 24.6 Å². The van der Waals surface area contributed by atoms with Crippen molar-refractivity contribution >= 4 is 17.5 Å². The first kappa shape index (κ1) is 12.8. The van der Waals surface area contributed by atoms with E-state index < -0.39 is 0 Å². The van der Waals surface area contributed by atoms with Gasteiger partial charge in [-0.1, -0.05) is 12.1 Å². The Balaban J connectivity index is 1.80. The van der Waals surface area contributed by atoms with Gasteiger partial charge in [-0.15, -0.1) is 0 Å². The number of anilines is 1. The van der Waals surface area contributed by atoms with Crippen LogP contribution in [0.25, 0.3) is 11.4 Å². The Kier molecular flexibility index (Phi) is 3.15. The zero-order chi connectivity index (χ0) is 14.2. The van der Waals surface area contributed by atoms with E-state index in [1.807, 2.05) is 12.1 Å². The molecule has 4 rings (SSSR count). The van der Waals surface area contributed by atoms with E-state index in [2.05, 4.69) is 25.9 Å². The summed E-state index contributed by atoms with van der Waals surface area (Å²) in [5.41, 5.74) is 2.10. The second-order valence-electron chi connectivity index (χ2n) is 5.31. The van der Waals surface area contributed by atoms with Gasteiger partial charge in [0.1, 0.15) is 5.75 Å². The number of hydrogen-bond donors (Lipinski definition) is 0.